The molecule has 2 nitrogen and oxygen atoms in total. The SMILES string of the molecule is CCCCCCCCCC(N)C1CCOCC1. The summed E-state index contributed by atoms with van der Waals surface area (Å²) in [5.41, 5.74) is 6.26. The fraction of sp³-hybridized carbons (Fsp3) is 1.00. The molecule has 1 aliphatic heterocycles. The molecule has 1 heterocycles. The Bertz CT molecular complexity index is 166. The topological polar surface area (TPSA) is 35.2 Å². The second-order valence-electron chi connectivity index (χ2n) is 5.52. The molecule has 0 amide bonds. The van der Waals surface area contributed by atoms with Crippen molar-refractivity contribution in [3.8, 4) is 0 Å². The van der Waals surface area contributed by atoms with Gasteiger partial charge in [0.2, 0.25) is 0 Å². The summed E-state index contributed by atoms with van der Waals surface area (Å²) in [7, 11) is 0. The molecule has 2 N–H and O–H groups in total. The lowest BCUT2D eigenvalue weighted by Crippen LogP contribution is -2.34. The largest absolute Gasteiger partial charge is 0.381 e. The van der Waals surface area contributed by atoms with Crippen LogP contribution in [0.1, 0.15) is 71.1 Å². The smallest absolute Gasteiger partial charge is 0.0469 e. The van der Waals surface area contributed by atoms with E-state index in [1.54, 1.807) is 0 Å². The van der Waals surface area contributed by atoms with Crippen LogP contribution < -0.4 is 5.73 Å². The van der Waals surface area contributed by atoms with E-state index in [0.717, 1.165) is 19.1 Å². The van der Waals surface area contributed by atoms with Gasteiger partial charge in [-0.1, -0.05) is 51.9 Å². The van der Waals surface area contributed by atoms with Crippen LogP contribution in [-0.2, 0) is 4.74 Å². The zero-order chi connectivity index (χ0) is 12.3. The van der Waals surface area contributed by atoms with Crippen LogP contribution in [0.15, 0.2) is 0 Å². The lowest BCUT2D eigenvalue weighted by molar-refractivity contribution is 0.0572. The molecule has 0 aromatic carbocycles. The normalized spacial score (nSPS) is 19.4. The van der Waals surface area contributed by atoms with Crippen molar-refractivity contribution < 1.29 is 4.74 Å². The maximum atomic E-state index is 6.26. The lowest BCUT2D eigenvalue weighted by Gasteiger charge is -2.27. The highest BCUT2D eigenvalue weighted by Crippen LogP contribution is 2.21. The van der Waals surface area contributed by atoms with Crippen LogP contribution in [0.5, 0.6) is 0 Å². The molecular weight excluding hydrogens is 210 g/mol. The number of hydrogen-bond acceptors (Lipinski definition) is 2. The minimum absolute atomic E-state index is 0.426. The Morgan fingerprint density at radius 3 is 2.24 bits per heavy atom. The Kier molecular flexibility index (Phi) is 8.72. The lowest BCUT2D eigenvalue weighted by atomic mass is 9.89. The first-order chi connectivity index (χ1) is 8.34. The van der Waals surface area contributed by atoms with Gasteiger partial charge in [-0.25, -0.2) is 0 Å². The minimum Gasteiger partial charge on any atom is -0.381 e. The van der Waals surface area contributed by atoms with E-state index in [9.17, 15) is 0 Å². The van der Waals surface area contributed by atoms with Crippen LogP contribution in [0.3, 0.4) is 0 Å². The molecule has 1 saturated heterocycles. The molecule has 1 aliphatic rings. The maximum Gasteiger partial charge on any atom is 0.0469 e. The molecule has 0 aromatic heterocycles. The summed E-state index contributed by atoms with van der Waals surface area (Å²) in [5.74, 6) is 0.726. The molecule has 2 heteroatoms. The first kappa shape index (κ1) is 15.0. The predicted octanol–water partition coefficient (Wildman–Crippen LogP) is 3.88. The van der Waals surface area contributed by atoms with Gasteiger partial charge in [0.25, 0.3) is 0 Å². The molecule has 0 radical (unpaired) electrons. The van der Waals surface area contributed by atoms with Gasteiger partial charge in [0.05, 0.1) is 0 Å². The zero-order valence-electron chi connectivity index (χ0n) is 11.6. The van der Waals surface area contributed by atoms with E-state index >= 15 is 0 Å². The summed E-state index contributed by atoms with van der Waals surface area (Å²) in [6.07, 6.45) is 13.3. The number of unbranched alkanes of at least 4 members (excludes halogenated alkanes) is 6. The van der Waals surface area contributed by atoms with Crippen LogP contribution in [0.25, 0.3) is 0 Å². The number of ether oxygens (including phenoxy) is 1. The van der Waals surface area contributed by atoms with E-state index in [2.05, 4.69) is 6.92 Å². The van der Waals surface area contributed by atoms with Crippen LogP contribution in [-0.4, -0.2) is 19.3 Å². The standard InChI is InChI=1S/C15H31NO/c1-2-3-4-5-6-7-8-9-15(16)14-10-12-17-13-11-14/h14-15H,2-13,16H2,1H3. The van der Waals surface area contributed by atoms with Gasteiger partial charge in [-0.2, -0.15) is 0 Å². The Hall–Kier alpha value is -0.0800. The average Bonchev–Trinajstić information content (AvgIpc) is 2.38. The molecule has 0 bridgehead atoms. The van der Waals surface area contributed by atoms with E-state index in [0.29, 0.717) is 6.04 Å². The van der Waals surface area contributed by atoms with E-state index < -0.39 is 0 Å². The van der Waals surface area contributed by atoms with Crippen molar-refractivity contribution in [2.24, 2.45) is 11.7 Å². The van der Waals surface area contributed by atoms with Crippen LogP contribution >= 0.6 is 0 Å². The van der Waals surface area contributed by atoms with Gasteiger partial charge in [0, 0.05) is 19.3 Å². The van der Waals surface area contributed by atoms with Crippen molar-refractivity contribution in [1.82, 2.24) is 0 Å². The first-order valence-electron chi connectivity index (χ1n) is 7.68. The molecule has 0 aromatic rings. The minimum atomic E-state index is 0.426. The highest BCUT2D eigenvalue weighted by molar-refractivity contribution is 4.75. The van der Waals surface area contributed by atoms with Crippen molar-refractivity contribution in [3.63, 3.8) is 0 Å². The summed E-state index contributed by atoms with van der Waals surface area (Å²) >= 11 is 0. The molecule has 1 atom stereocenters. The third kappa shape index (κ3) is 7.05. The molecule has 1 unspecified atom stereocenters. The number of nitrogens with two attached hydrogens (primary N) is 1. The summed E-state index contributed by atoms with van der Waals surface area (Å²) in [4.78, 5) is 0. The van der Waals surface area contributed by atoms with Gasteiger partial charge in [0.1, 0.15) is 0 Å². The fourth-order valence-electron chi connectivity index (χ4n) is 2.72. The molecule has 102 valence electrons. The average molecular weight is 241 g/mol. The summed E-state index contributed by atoms with van der Waals surface area (Å²) in [6, 6.07) is 0.426. The van der Waals surface area contributed by atoms with E-state index in [1.165, 1.54) is 64.2 Å². The Morgan fingerprint density at radius 2 is 1.59 bits per heavy atom. The van der Waals surface area contributed by atoms with Gasteiger partial charge in [-0.3, -0.25) is 0 Å². The molecular formula is C15H31NO. The molecule has 17 heavy (non-hydrogen) atoms. The second kappa shape index (κ2) is 9.90. The molecule has 0 aliphatic carbocycles. The van der Waals surface area contributed by atoms with Crippen molar-refractivity contribution in [3.05, 3.63) is 0 Å². The van der Waals surface area contributed by atoms with E-state index in [1.807, 2.05) is 0 Å². The van der Waals surface area contributed by atoms with Gasteiger partial charge >= 0.3 is 0 Å². The van der Waals surface area contributed by atoms with Crippen molar-refractivity contribution in [1.29, 1.82) is 0 Å². The van der Waals surface area contributed by atoms with Gasteiger partial charge in [-0.05, 0) is 25.2 Å². The monoisotopic (exact) mass is 241 g/mol. The van der Waals surface area contributed by atoms with Crippen molar-refractivity contribution in [2.75, 3.05) is 13.2 Å². The van der Waals surface area contributed by atoms with Gasteiger partial charge in [-0.15, -0.1) is 0 Å². The Morgan fingerprint density at radius 1 is 1.00 bits per heavy atom. The number of rotatable bonds is 9. The van der Waals surface area contributed by atoms with Crippen LogP contribution in [0.2, 0.25) is 0 Å². The molecule has 1 rings (SSSR count). The third-order valence-corrected chi connectivity index (χ3v) is 4.01. The Balaban J connectivity index is 1.90. The van der Waals surface area contributed by atoms with Crippen LogP contribution in [0.4, 0.5) is 0 Å². The summed E-state index contributed by atoms with van der Waals surface area (Å²) < 4.78 is 5.37. The van der Waals surface area contributed by atoms with Gasteiger partial charge in [0.15, 0.2) is 0 Å². The molecule has 1 fully saturated rings. The van der Waals surface area contributed by atoms with Crippen LogP contribution in [0, 0.1) is 5.92 Å². The highest BCUT2D eigenvalue weighted by Gasteiger charge is 2.20. The zero-order valence-corrected chi connectivity index (χ0v) is 11.6. The number of hydrogen-bond donors (Lipinski definition) is 1. The summed E-state index contributed by atoms with van der Waals surface area (Å²) in [6.45, 7) is 4.12. The van der Waals surface area contributed by atoms with Crippen molar-refractivity contribution in [2.45, 2.75) is 77.2 Å². The predicted molar refractivity (Wildman–Crippen MR) is 74.1 cm³/mol. The Labute approximate surface area is 107 Å². The highest BCUT2D eigenvalue weighted by atomic mass is 16.5. The maximum absolute atomic E-state index is 6.26. The fourth-order valence-corrected chi connectivity index (χ4v) is 2.72. The van der Waals surface area contributed by atoms with E-state index in [4.69, 9.17) is 10.5 Å². The first-order valence-corrected chi connectivity index (χ1v) is 7.68. The van der Waals surface area contributed by atoms with Gasteiger partial charge < -0.3 is 10.5 Å². The van der Waals surface area contributed by atoms with E-state index in [-0.39, 0.29) is 0 Å². The molecule has 0 spiro atoms. The molecule has 0 saturated carbocycles. The second-order valence-corrected chi connectivity index (χ2v) is 5.52. The quantitative estimate of drug-likeness (QED) is 0.622. The third-order valence-electron chi connectivity index (χ3n) is 4.01. The van der Waals surface area contributed by atoms with Crippen molar-refractivity contribution >= 4 is 0 Å². The summed E-state index contributed by atoms with van der Waals surface area (Å²) in [5, 5.41) is 0.